The van der Waals surface area contributed by atoms with E-state index >= 15 is 0 Å². The first kappa shape index (κ1) is 7.30. The molecule has 0 N–H and O–H groups in total. The molecule has 0 aromatic heterocycles. The summed E-state index contributed by atoms with van der Waals surface area (Å²) in [5.41, 5.74) is -0.602. The van der Waals surface area contributed by atoms with E-state index < -0.39 is 5.60 Å². The van der Waals surface area contributed by atoms with Crippen molar-refractivity contribution in [2.24, 2.45) is 0 Å². The molecule has 0 heterocycles. The second-order valence-electron chi connectivity index (χ2n) is 2.53. The third kappa shape index (κ3) is 0.833. The molecule has 0 aliphatic heterocycles. The van der Waals surface area contributed by atoms with E-state index in [9.17, 15) is 4.79 Å². The highest BCUT2D eigenvalue weighted by Gasteiger charge is 2.43. The van der Waals surface area contributed by atoms with Crippen molar-refractivity contribution in [3.63, 3.8) is 0 Å². The van der Waals surface area contributed by atoms with Gasteiger partial charge in [-0.3, -0.25) is 4.79 Å². The fraction of sp³-hybridized carbons (Fsp3) is 0.625. The van der Waals surface area contributed by atoms with Crippen LogP contribution in [-0.4, -0.2) is 18.5 Å². The molecule has 1 aliphatic rings. The van der Waals surface area contributed by atoms with Crippen LogP contribution >= 0.6 is 0 Å². The van der Waals surface area contributed by atoms with Gasteiger partial charge in [0.05, 0.1) is 0 Å². The van der Waals surface area contributed by atoms with Crippen LogP contribution in [-0.2, 0) is 9.53 Å². The molecule has 2 nitrogen and oxygen atoms in total. The Morgan fingerprint density at radius 1 is 1.70 bits per heavy atom. The summed E-state index contributed by atoms with van der Waals surface area (Å²) in [7, 11) is 1.54. The Labute approximate surface area is 60.6 Å². The third-order valence-corrected chi connectivity index (χ3v) is 2.10. The fourth-order valence-corrected chi connectivity index (χ4v) is 1.15. The quantitative estimate of drug-likeness (QED) is 0.416. The Bertz CT molecular complexity index is 178. The van der Waals surface area contributed by atoms with Gasteiger partial charge in [0, 0.05) is 7.11 Å². The van der Waals surface area contributed by atoms with Crippen LogP contribution in [0.3, 0.4) is 0 Å². The van der Waals surface area contributed by atoms with Gasteiger partial charge in [-0.15, -0.1) is 6.42 Å². The molecule has 0 aromatic carbocycles. The molecular formula is C8H10O2. The predicted octanol–water partition coefficient (Wildman–Crippen LogP) is 0.758. The molecule has 0 radical (unpaired) electrons. The van der Waals surface area contributed by atoms with Crippen LogP contribution in [0.4, 0.5) is 0 Å². The Morgan fingerprint density at radius 2 is 2.30 bits per heavy atom. The molecular weight excluding hydrogens is 128 g/mol. The van der Waals surface area contributed by atoms with E-state index in [1.807, 2.05) is 0 Å². The summed E-state index contributed by atoms with van der Waals surface area (Å²) in [6.45, 7) is 0. The van der Waals surface area contributed by atoms with E-state index in [-0.39, 0.29) is 5.78 Å². The average molecular weight is 138 g/mol. The molecule has 1 aliphatic carbocycles. The molecule has 1 rings (SSSR count). The minimum absolute atomic E-state index is 0.207. The normalized spacial score (nSPS) is 20.8. The van der Waals surface area contributed by atoms with Crippen LogP contribution in [0.2, 0.25) is 0 Å². The van der Waals surface area contributed by atoms with Crippen molar-refractivity contribution in [1.82, 2.24) is 0 Å². The fourth-order valence-electron chi connectivity index (χ4n) is 1.15. The maximum atomic E-state index is 11.0. The van der Waals surface area contributed by atoms with Gasteiger partial charge >= 0.3 is 0 Å². The summed E-state index contributed by atoms with van der Waals surface area (Å²) >= 11 is 0. The van der Waals surface area contributed by atoms with Crippen molar-refractivity contribution in [1.29, 1.82) is 0 Å². The number of terminal acetylenes is 1. The number of carbonyl (C=O) groups is 1. The van der Waals surface area contributed by atoms with Crippen molar-refractivity contribution in [2.75, 3.05) is 7.11 Å². The largest absolute Gasteiger partial charge is 0.369 e. The lowest BCUT2D eigenvalue weighted by molar-refractivity contribution is -0.145. The number of carbonyl (C=O) groups excluding carboxylic acids is 1. The molecule has 1 fully saturated rings. The number of hydrogen-bond acceptors (Lipinski definition) is 2. The zero-order valence-corrected chi connectivity index (χ0v) is 6.02. The summed E-state index contributed by atoms with van der Waals surface area (Å²) in [6, 6.07) is 0. The van der Waals surface area contributed by atoms with Gasteiger partial charge in [-0.25, -0.2) is 0 Å². The van der Waals surface area contributed by atoms with E-state index in [1.165, 1.54) is 7.11 Å². The van der Waals surface area contributed by atoms with E-state index in [0.29, 0.717) is 0 Å². The van der Waals surface area contributed by atoms with Crippen molar-refractivity contribution >= 4 is 5.78 Å². The molecule has 0 atom stereocenters. The maximum absolute atomic E-state index is 11.0. The van der Waals surface area contributed by atoms with E-state index in [0.717, 1.165) is 19.3 Å². The van der Waals surface area contributed by atoms with Crippen molar-refractivity contribution < 1.29 is 9.53 Å². The number of ketones is 1. The lowest BCUT2D eigenvalue weighted by atomic mass is 9.77. The zero-order valence-electron chi connectivity index (χ0n) is 6.02. The van der Waals surface area contributed by atoms with Gasteiger partial charge in [-0.05, 0) is 25.2 Å². The third-order valence-electron chi connectivity index (χ3n) is 2.10. The van der Waals surface area contributed by atoms with Gasteiger partial charge in [0.25, 0.3) is 0 Å². The zero-order chi connectivity index (χ0) is 7.61. The maximum Gasteiger partial charge on any atom is 0.236 e. The number of ether oxygens (including phenoxy) is 1. The molecule has 0 saturated heterocycles. The monoisotopic (exact) mass is 138 g/mol. The molecule has 0 aromatic rings. The second-order valence-corrected chi connectivity index (χ2v) is 2.53. The van der Waals surface area contributed by atoms with Gasteiger partial charge < -0.3 is 4.74 Å². The number of Topliss-reactive ketones (excluding diaryl/α,β-unsaturated/α-hetero) is 1. The van der Waals surface area contributed by atoms with Gasteiger partial charge in [0.1, 0.15) is 5.60 Å². The van der Waals surface area contributed by atoms with Crippen LogP contribution in [0.1, 0.15) is 19.3 Å². The smallest absolute Gasteiger partial charge is 0.236 e. The van der Waals surface area contributed by atoms with Crippen molar-refractivity contribution in [3.05, 3.63) is 0 Å². The van der Waals surface area contributed by atoms with Crippen LogP contribution in [0, 0.1) is 12.3 Å². The molecule has 0 amide bonds. The minimum Gasteiger partial charge on any atom is -0.369 e. The Balaban J connectivity index is 2.67. The lowest BCUT2D eigenvalue weighted by Crippen LogP contribution is -2.46. The van der Waals surface area contributed by atoms with E-state index in [4.69, 9.17) is 11.2 Å². The highest BCUT2D eigenvalue weighted by Crippen LogP contribution is 2.35. The average Bonchev–Trinajstić information content (AvgIpc) is 1.86. The number of rotatable bonds is 2. The lowest BCUT2D eigenvalue weighted by Gasteiger charge is -2.36. The van der Waals surface area contributed by atoms with E-state index in [1.54, 1.807) is 0 Å². The van der Waals surface area contributed by atoms with Crippen molar-refractivity contribution in [3.8, 4) is 12.3 Å². The summed E-state index contributed by atoms with van der Waals surface area (Å²) in [5, 5.41) is 0. The Kier molecular flexibility index (Phi) is 1.78. The summed E-state index contributed by atoms with van der Waals surface area (Å²) in [6.07, 6.45) is 7.58. The summed E-state index contributed by atoms with van der Waals surface area (Å²) < 4.78 is 5.03. The summed E-state index contributed by atoms with van der Waals surface area (Å²) in [4.78, 5) is 11.0. The minimum atomic E-state index is -0.602. The van der Waals surface area contributed by atoms with Gasteiger partial charge in [-0.2, -0.15) is 0 Å². The van der Waals surface area contributed by atoms with Gasteiger partial charge in [0.15, 0.2) is 0 Å². The Hall–Kier alpha value is -0.810. The molecule has 0 bridgehead atoms. The number of methoxy groups -OCH3 is 1. The summed E-state index contributed by atoms with van der Waals surface area (Å²) in [5.74, 6) is 1.89. The highest BCUT2D eigenvalue weighted by molar-refractivity contribution is 6.02. The highest BCUT2D eigenvalue weighted by atomic mass is 16.5. The first-order valence-electron chi connectivity index (χ1n) is 3.31. The standard InChI is InChI=1S/C8H10O2/c1-3-7(9)8(10-2)5-4-6-8/h1H,4-6H2,2H3. The number of hydrogen-bond donors (Lipinski definition) is 0. The molecule has 54 valence electrons. The van der Waals surface area contributed by atoms with Crippen LogP contribution in [0.25, 0.3) is 0 Å². The SMILES string of the molecule is C#CC(=O)C1(OC)CCC1. The predicted molar refractivity (Wildman–Crippen MR) is 37.4 cm³/mol. The molecule has 0 unspecified atom stereocenters. The van der Waals surface area contributed by atoms with Crippen molar-refractivity contribution in [2.45, 2.75) is 24.9 Å². The Morgan fingerprint density at radius 3 is 2.40 bits per heavy atom. The van der Waals surface area contributed by atoms with Crippen LogP contribution in [0.15, 0.2) is 0 Å². The molecule has 10 heavy (non-hydrogen) atoms. The van der Waals surface area contributed by atoms with E-state index in [2.05, 4.69) is 5.92 Å². The first-order valence-corrected chi connectivity index (χ1v) is 3.31. The van der Waals surface area contributed by atoms with Gasteiger partial charge in [0.2, 0.25) is 5.78 Å². The molecule has 1 saturated carbocycles. The second kappa shape index (κ2) is 2.43. The molecule has 0 spiro atoms. The topological polar surface area (TPSA) is 26.3 Å². The van der Waals surface area contributed by atoms with Crippen LogP contribution in [0.5, 0.6) is 0 Å². The molecule has 2 heteroatoms. The first-order chi connectivity index (χ1) is 4.75. The van der Waals surface area contributed by atoms with Crippen LogP contribution < -0.4 is 0 Å². The van der Waals surface area contributed by atoms with Gasteiger partial charge in [-0.1, -0.05) is 0 Å².